The van der Waals surface area contributed by atoms with E-state index in [2.05, 4.69) is 20.6 Å². The molecule has 1 atom stereocenters. The molecule has 2 N–H and O–H groups in total. The Balaban J connectivity index is 1.79. The van der Waals surface area contributed by atoms with Gasteiger partial charge in [-0.25, -0.2) is 9.97 Å². The average Bonchev–Trinajstić information content (AvgIpc) is 2.82. The van der Waals surface area contributed by atoms with Gasteiger partial charge in [0.15, 0.2) is 0 Å². The number of hydrogen-bond acceptors (Lipinski definition) is 5. The largest absolute Gasteiger partial charge is 0.370 e. The zero-order chi connectivity index (χ0) is 12.1. The van der Waals surface area contributed by atoms with Crippen molar-refractivity contribution in [2.24, 2.45) is 5.92 Å². The van der Waals surface area contributed by atoms with Crippen LogP contribution in [0.3, 0.4) is 0 Å². The second-order valence-electron chi connectivity index (χ2n) is 4.73. The first-order chi connectivity index (χ1) is 8.25. The summed E-state index contributed by atoms with van der Waals surface area (Å²) in [6.07, 6.45) is 4.11. The van der Waals surface area contributed by atoms with Crippen LogP contribution in [0.2, 0.25) is 0 Å². The lowest BCUT2D eigenvalue weighted by molar-refractivity contribution is 0.549. The van der Waals surface area contributed by atoms with E-state index in [1.54, 1.807) is 6.33 Å². The number of anilines is 2. The number of nitrogens with zero attached hydrogens (tertiary/aromatic N) is 3. The summed E-state index contributed by atoms with van der Waals surface area (Å²) in [7, 11) is 3.96. The summed E-state index contributed by atoms with van der Waals surface area (Å²) in [5.74, 6) is 2.66. The highest BCUT2D eigenvalue weighted by molar-refractivity contribution is 5.47. The SMILES string of the molecule is CN(C)c1cc(NCCC2CCNC2)ncn1. The number of aromatic nitrogens is 2. The molecule has 1 aliphatic rings. The predicted octanol–water partition coefficient (Wildman–Crippen LogP) is 0.954. The summed E-state index contributed by atoms with van der Waals surface area (Å²) in [6.45, 7) is 3.31. The minimum absolute atomic E-state index is 0.817. The topological polar surface area (TPSA) is 53.1 Å². The maximum absolute atomic E-state index is 4.22. The van der Waals surface area contributed by atoms with Crippen LogP contribution in [0.15, 0.2) is 12.4 Å². The van der Waals surface area contributed by atoms with Gasteiger partial charge in [-0.1, -0.05) is 0 Å². The van der Waals surface area contributed by atoms with E-state index in [0.29, 0.717) is 0 Å². The first kappa shape index (κ1) is 12.1. The Bertz CT molecular complexity index is 347. The summed E-state index contributed by atoms with van der Waals surface area (Å²) in [5, 5.41) is 6.75. The fourth-order valence-corrected chi connectivity index (χ4v) is 2.05. The van der Waals surface area contributed by atoms with Crippen LogP contribution in [0.25, 0.3) is 0 Å². The highest BCUT2D eigenvalue weighted by atomic mass is 15.2. The van der Waals surface area contributed by atoms with Crippen LogP contribution in [0, 0.1) is 5.92 Å². The van der Waals surface area contributed by atoms with Crippen molar-refractivity contribution in [1.82, 2.24) is 15.3 Å². The molecule has 0 amide bonds. The van der Waals surface area contributed by atoms with Crippen molar-refractivity contribution in [2.45, 2.75) is 12.8 Å². The molecule has 0 aromatic carbocycles. The standard InChI is InChI=1S/C12H21N5/c1-17(2)12-7-11(15-9-16-12)14-6-4-10-3-5-13-8-10/h7,9-10,13H,3-6,8H2,1-2H3,(H,14,15,16). The van der Waals surface area contributed by atoms with Gasteiger partial charge in [0.1, 0.15) is 18.0 Å². The Kier molecular flexibility index (Phi) is 4.14. The zero-order valence-corrected chi connectivity index (χ0v) is 10.6. The van der Waals surface area contributed by atoms with Gasteiger partial charge < -0.3 is 15.5 Å². The van der Waals surface area contributed by atoms with E-state index in [4.69, 9.17) is 0 Å². The fourth-order valence-electron chi connectivity index (χ4n) is 2.05. The molecule has 0 aliphatic carbocycles. The summed E-state index contributed by atoms with van der Waals surface area (Å²) < 4.78 is 0. The minimum atomic E-state index is 0.817. The molecule has 2 rings (SSSR count). The van der Waals surface area contributed by atoms with Gasteiger partial charge in [-0.15, -0.1) is 0 Å². The van der Waals surface area contributed by atoms with Gasteiger partial charge in [-0.05, 0) is 31.8 Å². The predicted molar refractivity (Wildman–Crippen MR) is 70.4 cm³/mol. The molecule has 2 heterocycles. The number of nitrogens with one attached hydrogen (secondary N) is 2. The summed E-state index contributed by atoms with van der Waals surface area (Å²) in [4.78, 5) is 10.4. The van der Waals surface area contributed by atoms with Gasteiger partial charge in [0, 0.05) is 26.7 Å². The lowest BCUT2D eigenvalue weighted by Gasteiger charge is -2.13. The Morgan fingerprint density at radius 1 is 1.47 bits per heavy atom. The second-order valence-corrected chi connectivity index (χ2v) is 4.73. The highest BCUT2D eigenvalue weighted by Gasteiger charge is 2.13. The van der Waals surface area contributed by atoms with E-state index >= 15 is 0 Å². The third kappa shape index (κ3) is 3.56. The number of hydrogen-bond donors (Lipinski definition) is 2. The van der Waals surface area contributed by atoms with Crippen LogP contribution in [0.1, 0.15) is 12.8 Å². The van der Waals surface area contributed by atoms with Crippen molar-refractivity contribution >= 4 is 11.6 Å². The van der Waals surface area contributed by atoms with Gasteiger partial charge in [-0.3, -0.25) is 0 Å². The Labute approximate surface area is 103 Å². The maximum Gasteiger partial charge on any atom is 0.133 e. The zero-order valence-electron chi connectivity index (χ0n) is 10.6. The van der Waals surface area contributed by atoms with Gasteiger partial charge in [0.25, 0.3) is 0 Å². The molecule has 1 aromatic heterocycles. The van der Waals surface area contributed by atoms with E-state index in [9.17, 15) is 0 Å². The van der Waals surface area contributed by atoms with Gasteiger partial charge in [0.05, 0.1) is 0 Å². The van der Waals surface area contributed by atoms with E-state index in [0.717, 1.165) is 30.6 Å². The van der Waals surface area contributed by atoms with Crippen molar-refractivity contribution in [3.8, 4) is 0 Å². The molecular formula is C12H21N5. The van der Waals surface area contributed by atoms with Crippen molar-refractivity contribution in [3.63, 3.8) is 0 Å². The van der Waals surface area contributed by atoms with Gasteiger partial charge >= 0.3 is 0 Å². The normalized spacial score (nSPS) is 19.3. The van der Waals surface area contributed by atoms with Crippen LogP contribution < -0.4 is 15.5 Å². The lowest BCUT2D eigenvalue weighted by Crippen LogP contribution is -2.14. The van der Waals surface area contributed by atoms with Crippen molar-refractivity contribution in [2.75, 3.05) is 43.9 Å². The molecule has 17 heavy (non-hydrogen) atoms. The van der Waals surface area contributed by atoms with Crippen LogP contribution >= 0.6 is 0 Å². The Hall–Kier alpha value is -1.36. The minimum Gasteiger partial charge on any atom is -0.370 e. The first-order valence-corrected chi connectivity index (χ1v) is 6.19. The van der Waals surface area contributed by atoms with E-state index < -0.39 is 0 Å². The molecule has 1 aliphatic heterocycles. The highest BCUT2D eigenvalue weighted by Crippen LogP contribution is 2.14. The first-order valence-electron chi connectivity index (χ1n) is 6.19. The van der Waals surface area contributed by atoms with Crippen LogP contribution in [-0.2, 0) is 0 Å². The molecular weight excluding hydrogens is 214 g/mol. The van der Waals surface area contributed by atoms with E-state index in [1.165, 1.54) is 19.4 Å². The van der Waals surface area contributed by atoms with E-state index in [-0.39, 0.29) is 0 Å². The molecule has 1 unspecified atom stereocenters. The van der Waals surface area contributed by atoms with E-state index in [1.807, 2.05) is 25.1 Å². The Morgan fingerprint density at radius 3 is 3.06 bits per heavy atom. The van der Waals surface area contributed by atoms with Crippen molar-refractivity contribution < 1.29 is 0 Å². The van der Waals surface area contributed by atoms with Gasteiger partial charge in [-0.2, -0.15) is 0 Å². The summed E-state index contributed by atoms with van der Waals surface area (Å²) in [5.41, 5.74) is 0. The third-order valence-electron chi connectivity index (χ3n) is 3.13. The third-order valence-corrected chi connectivity index (χ3v) is 3.13. The molecule has 1 aromatic rings. The maximum atomic E-state index is 4.22. The quantitative estimate of drug-likeness (QED) is 0.796. The molecule has 0 radical (unpaired) electrons. The fraction of sp³-hybridized carbons (Fsp3) is 0.667. The summed E-state index contributed by atoms with van der Waals surface area (Å²) >= 11 is 0. The second kappa shape index (κ2) is 5.82. The van der Waals surface area contributed by atoms with Crippen molar-refractivity contribution in [1.29, 1.82) is 0 Å². The van der Waals surface area contributed by atoms with Crippen LogP contribution in [0.5, 0.6) is 0 Å². The monoisotopic (exact) mass is 235 g/mol. The molecule has 94 valence electrons. The lowest BCUT2D eigenvalue weighted by atomic mass is 10.1. The molecule has 0 bridgehead atoms. The summed E-state index contributed by atoms with van der Waals surface area (Å²) in [6, 6.07) is 1.98. The molecule has 5 heteroatoms. The molecule has 0 saturated carbocycles. The molecule has 0 spiro atoms. The molecule has 5 nitrogen and oxygen atoms in total. The smallest absolute Gasteiger partial charge is 0.133 e. The van der Waals surface area contributed by atoms with Crippen LogP contribution in [0.4, 0.5) is 11.6 Å². The number of rotatable bonds is 5. The Morgan fingerprint density at radius 2 is 2.35 bits per heavy atom. The molecule has 1 saturated heterocycles. The average molecular weight is 235 g/mol. The van der Waals surface area contributed by atoms with Gasteiger partial charge in [0.2, 0.25) is 0 Å². The molecule has 1 fully saturated rings. The van der Waals surface area contributed by atoms with Crippen LogP contribution in [-0.4, -0.2) is 43.7 Å². The van der Waals surface area contributed by atoms with Crippen molar-refractivity contribution in [3.05, 3.63) is 12.4 Å².